The normalized spacial score (nSPS) is 11.7. The van der Waals surface area contributed by atoms with Crippen molar-refractivity contribution in [2.75, 3.05) is 0 Å². The number of pyridine rings is 1. The zero-order valence-corrected chi connectivity index (χ0v) is 12.0. The molecule has 9 heteroatoms. The molecule has 0 aliphatic rings. The fraction of sp³-hybridized carbons (Fsp3) is 0.111. The van der Waals surface area contributed by atoms with Gasteiger partial charge in [0.25, 0.3) is 0 Å². The number of halogens is 2. The monoisotopic (exact) mass is 351 g/mol. The van der Waals surface area contributed by atoms with Crippen LogP contribution in [0.1, 0.15) is 5.69 Å². The highest BCUT2D eigenvalue weighted by Crippen LogP contribution is 2.22. The van der Waals surface area contributed by atoms with Crippen LogP contribution >= 0.6 is 27.5 Å². The summed E-state index contributed by atoms with van der Waals surface area (Å²) in [5.74, 6) is 0. The van der Waals surface area contributed by atoms with Gasteiger partial charge in [0.05, 0.1) is 12.2 Å². The van der Waals surface area contributed by atoms with Gasteiger partial charge in [0, 0.05) is 16.7 Å². The Balaban J connectivity index is 2.22. The molecule has 6 nitrogen and oxygen atoms in total. The van der Waals surface area contributed by atoms with Crippen LogP contribution in [0, 0.1) is 0 Å². The summed E-state index contributed by atoms with van der Waals surface area (Å²) < 4.78 is 31.4. The lowest BCUT2D eigenvalue weighted by Gasteiger charge is -2.06. The van der Waals surface area contributed by atoms with E-state index in [0.29, 0.717) is 10.2 Å². The highest BCUT2D eigenvalue weighted by atomic mass is 79.9. The van der Waals surface area contributed by atoms with Crippen molar-refractivity contribution in [1.29, 1.82) is 0 Å². The summed E-state index contributed by atoms with van der Waals surface area (Å²) >= 11 is 8.89. The van der Waals surface area contributed by atoms with E-state index in [4.69, 9.17) is 11.6 Å². The van der Waals surface area contributed by atoms with E-state index in [1.807, 2.05) is 0 Å². The SMILES string of the molecule is O=S(=O)(NCc1ccon1)c1cc(Br)cnc1Cl. The van der Waals surface area contributed by atoms with Crippen LogP contribution in [0.15, 0.2) is 38.5 Å². The number of hydrogen-bond donors (Lipinski definition) is 1. The van der Waals surface area contributed by atoms with E-state index in [2.05, 4.69) is 35.3 Å². The summed E-state index contributed by atoms with van der Waals surface area (Å²) in [6.45, 7) is 0.0156. The van der Waals surface area contributed by atoms with E-state index in [9.17, 15) is 8.42 Å². The molecule has 0 aliphatic carbocycles. The van der Waals surface area contributed by atoms with Crippen molar-refractivity contribution in [3.8, 4) is 0 Å². The Labute approximate surface area is 117 Å². The Hall–Kier alpha value is -0.960. The number of hydrogen-bond acceptors (Lipinski definition) is 5. The predicted molar refractivity (Wildman–Crippen MR) is 67.5 cm³/mol. The Morgan fingerprint density at radius 1 is 1.50 bits per heavy atom. The van der Waals surface area contributed by atoms with Crippen molar-refractivity contribution in [1.82, 2.24) is 14.9 Å². The highest BCUT2D eigenvalue weighted by Gasteiger charge is 2.19. The molecular weight excluding hydrogens is 346 g/mol. The van der Waals surface area contributed by atoms with E-state index < -0.39 is 10.0 Å². The summed E-state index contributed by atoms with van der Waals surface area (Å²) in [7, 11) is -3.75. The van der Waals surface area contributed by atoms with E-state index in [1.54, 1.807) is 6.07 Å². The number of rotatable bonds is 4. The molecule has 0 saturated carbocycles. The third kappa shape index (κ3) is 3.08. The summed E-state index contributed by atoms with van der Waals surface area (Å²) in [5, 5.41) is 3.50. The molecule has 2 aromatic rings. The molecule has 0 aliphatic heterocycles. The maximum Gasteiger partial charge on any atom is 0.244 e. The summed E-state index contributed by atoms with van der Waals surface area (Å²) in [6, 6.07) is 2.93. The molecule has 0 aromatic carbocycles. The van der Waals surface area contributed by atoms with Gasteiger partial charge < -0.3 is 4.52 Å². The lowest BCUT2D eigenvalue weighted by atomic mass is 10.5. The van der Waals surface area contributed by atoms with Crippen molar-refractivity contribution < 1.29 is 12.9 Å². The van der Waals surface area contributed by atoms with Crippen molar-refractivity contribution in [3.05, 3.63) is 39.9 Å². The quantitative estimate of drug-likeness (QED) is 0.850. The molecule has 0 fully saturated rings. The second kappa shape index (κ2) is 5.35. The topological polar surface area (TPSA) is 85.1 Å². The minimum Gasteiger partial charge on any atom is -0.364 e. The van der Waals surface area contributed by atoms with Crippen LogP contribution in [0.25, 0.3) is 0 Å². The van der Waals surface area contributed by atoms with Crippen molar-refractivity contribution in [2.45, 2.75) is 11.4 Å². The molecule has 2 heterocycles. The smallest absolute Gasteiger partial charge is 0.244 e. The first-order chi connectivity index (χ1) is 8.49. The van der Waals surface area contributed by atoms with Crippen LogP contribution in [0.3, 0.4) is 0 Å². The standard InChI is InChI=1S/C9H7BrClN3O3S/c10-6-3-8(9(11)12-4-6)18(15,16)13-5-7-1-2-17-14-7/h1-4,13H,5H2. The zero-order valence-electron chi connectivity index (χ0n) is 8.80. The summed E-state index contributed by atoms with van der Waals surface area (Å²) in [4.78, 5) is 3.66. The molecule has 0 atom stereocenters. The largest absolute Gasteiger partial charge is 0.364 e. The average Bonchev–Trinajstić information content (AvgIpc) is 2.83. The van der Waals surface area contributed by atoms with Crippen LogP contribution < -0.4 is 4.72 Å². The predicted octanol–water partition coefficient (Wildman–Crippen LogP) is 1.96. The fourth-order valence-electron chi connectivity index (χ4n) is 1.17. The van der Waals surface area contributed by atoms with Gasteiger partial charge in [0.1, 0.15) is 16.3 Å². The molecule has 1 N–H and O–H groups in total. The van der Waals surface area contributed by atoms with Gasteiger partial charge in [-0.05, 0) is 22.0 Å². The number of nitrogens with zero attached hydrogens (tertiary/aromatic N) is 2. The van der Waals surface area contributed by atoms with E-state index in [0.717, 1.165) is 0 Å². The van der Waals surface area contributed by atoms with Crippen LogP contribution in [0.2, 0.25) is 5.15 Å². The molecule has 0 spiro atoms. The molecule has 0 unspecified atom stereocenters. The van der Waals surface area contributed by atoms with Gasteiger partial charge >= 0.3 is 0 Å². The Morgan fingerprint density at radius 3 is 2.94 bits per heavy atom. The van der Waals surface area contributed by atoms with E-state index in [-0.39, 0.29) is 16.6 Å². The molecule has 0 radical (unpaired) electrons. The van der Waals surface area contributed by atoms with Gasteiger partial charge in [-0.1, -0.05) is 16.8 Å². The first-order valence-corrected chi connectivity index (χ1v) is 7.34. The van der Waals surface area contributed by atoms with E-state index in [1.165, 1.54) is 18.5 Å². The summed E-state index contributed by atoms with van der Waals surface area (Å²) in [5.41, 5.74) is 0.470. The lowest BCUT2D eigenvalue weighted by Crippen LogP contribution is -2.24. The van der Waals surface area contributed by atoms with E-state index >= 15 is 0 Å². The maximum absolute atomic E-state index is 12.0. The minimum atomic E-state index is -3.75. The zero-order chi connectivity index (χ0) is 13.2. The van der Waals surface area contributed by atoms with Crippen LogP contribution in [-0.2, 0) is 16.6 Å². The number of nitrogens with one attached hydrogen (secondary N) is 1. The molecule has 0 amide bonds. The first kappa shape index (κ1) is 13.5. The van der Waals surface area contributed by atoms with Gasteiger partial charge in [-0.3, -0.25) is 0 Å². The number of sulfonamides is 1. The lowest BCUT2D eigenvalue weighted by molar-refractivity contribution is 0.411. The molecule has 2 rings (SSSR count). The van der Waals surface area contributed by atoms with Crippen molar-refractivity contribution in [3.63, 3.8) is 0 Å². The van der Waals surface area contributed by atoms with Gasteiger partial charge in [-0.25, -0.2) is 18.1 Å². The Bertz CT molecular complexity index is 645. The Kier molecular flexibility index (Phi) is 4.00. The van der Waals surface area contributed by atoms with Gasteiger partial charge in [0.15, 0.2) is 0 Å². The maximum atomic E-state index is 12.0. The summed E-state index contributed by atoms with van der Waals surface area (Å²) in [6.07, 6.45) is 2.77. The molecule has 2 aromatic heterocycles. The van der Waals surface area contributed by atoms with Crippen molar-refractivity contribution >= 4 is 37.6 Å². The van der Waals surface area contributed by atoms with Crippen LogP contribution in [-0.4, -0.2) is 18.6 Å². The molecule has 96 valence electrons. The second-order valence-electron chi connectivity index (χ2n) is 3.26. The molecule has 0 bridgehead atoms. The van der Waals surface area contributed by atoms with Crippen molar-refractivity contribution in [2.24, 2.45) is 0 Å². The van der Waals surface area contributed by atoms with Gasteiger partial charge in [-0.15, -0.1) is 0 Å². The van der Waals surface area contributed by atoms with Crippen LogP contribution in [0.5, 0.6) is 0 Å². The first-order valence-electron chi connectivity index (χ1n) is 4.69. The highest BCUT2D eigenvalue weighted by molar-refractivity contribution is 9.10. The minimum absolute atomic E-state index is 0.0156. The fourth-order valence-corrected chi connectivity index (χ4v) is 3.11. The third-order valence-electron chi connectivity index (χ3n) is 2.00. The van der Waals surface area contributed by atoms with Gasteiger partial charge in [-0.2, -0.15) is 0 Å². The number of aromatic nitrogens is 2. The average molecular weight is 353 g/mol. The molecular formula is C9H7BrClN3O3S. The third-order valence-corrected chi connectivity index (χ3v) is 4.26. The van der Waals surface area contributed by atoms with Crippen LogP contribution in [0.4, 0.5) is 0 Å². The molecule has 18 heavy (non-hydrogen) atoms. The molecule has 0 saturated heterocycles. The Morgan fingerprint density at radius 2 is 2.28 bits per heavy atom. The second-order valence-corrected chi connectivity index (χ2v) is 6.27. The van der Waals surface area contributed by atoms with Gasteiger partial charge in [0.2, 0.25) is 10.0 Å².